The number of ether oxygens (including phenoxy) is 1. The number of carbonyl (C=O) groups excluding carboxylic acids is 1. The molecule has 0 bridgehead atoms. The van der Waals surface area contributed by atoms with Crippen molar-refractivity contribution in [1.29, 1.82) is 0 Å². The normalized spacial score (nSPS) is 12.1. The van der Waals surface area contributed by atoms with Crippen LogP contribution in [-0.4, -0.2) is 19.1 Å². The highest BCUT2D eigenvalue weighted by Crippen LogP contribution is 2.27. The first kappa shape index (κ1) is 18.3. The number of amides is 1. The molecule has 0 saturated carbocycles. The Kier molecular flexibility index (Phi) is 7.21. The van der Waals surface area contributed by atoms with Gasteiger partial charge in [-0.05, 0) is 19.4 Å². The lowest BCUT2D eigenvalue weighted by Crippen LogP contribution is -2.33. The van der Waals surface area contributed by atoms with Crippen LogP contribution in [0.2, 0.25) is 0 Å². The summed E-state index contributed by atoms with van der Waals surface area (Å²) in [6.45, 7) is 3.89. The van der Waals surface area contributed by atoms with Crippen LogP contribution in [0.25, 0.3) is 0 Å². The van der Waals surface area contributed by atoms with Crippen molar-refractivity contribution in [3.05, 3.63) is 29.1 Å². The molecule has 124 valence electrons. The molecule has 1 unspecified atom stereocenters. The van der Waals surface area contributed by atoms with Gasteiger partial charge in [-0.25, -0.2) is 8.78 Å². The summed E-state index contributed by atoms with van der Waals surface area (Å²) in [4.78, 5) is 12.0. The van der Waals surface area contributed by atoms with Gasteiger partial charge in [-0.15, -0.1) is 0 Å². The summed E-state index contributed by atoms with van der Waals surface area (Å²) in [6, 6.07) is 0.370. The smallest absolute Gasteiger partial charge is 0.254 e. The zero-order valence-corrected chi connectivity index (χ0v) is 13.1. The number of benzene rings is 1. The van der Waals surface area contributed by atoms with Crippen LogP contribution in [0, 0.1) is 17.5 Å². The standard InChI is InChI=1S/C16H22F3NO2/c1-4-5-6-7-8-10(2)20-16(21)11-9-12(17)14(19)15(22-3)13(11)18/h9-10H,4-8H2,1-3H3,(H,20,21). The molecule has 3 nitrogen and oxygen atoms in total. The summed E-state index contributed by atoms with van der Waals surface area (Å²) in [7, 11) is 1.01. The second-order valence-corrected chi connectivity index (χ2v) is 5.29. The van der Waals surface area contributed by atoms with Crippen molar-refractivity contribution in [1.82, 2.24) is 5.32 Å². The molecule has 0 aliphatic carbocycles. The van der Waals surface area contributed by atoms with Crippen molar-refractivity contribution in [2.24, 2.45) is 0 Å². The highest BCUT2D eigenvalue weighted by Gasteiger charge is 2.24. The predicted molar refractivity (Wildman–Crippen MR) is 78.6 cm³/mol. The maximum absolute atomic E-state index is 14.0. The van der Waals surface area contributed by atoms with Gasteiger partial charge in [-0.2, -0.15) is 4.39 Å². The van der Waals surface area contributed by atoms with Crippen LogP contribution in [0.3, 0.4) is 0 Å². The predicted octanol–water partition coefficient (Wildman–Crippen LogP) is 4.20. The Morgan fingerprint density at radius 1 is 1.23 bits per heavy atom. The Labute approximate surface area is 128 Å². The number of hydrogen-bond acceptors (Lipinski definition) is 2. The van der Waals surface area contributed by atoms with E-state index in [1.54, 1.807) is 6.92 Å². The van der Waals surface area contributed by atoms with Crippen molar-refractivity contribution in [2.75, 3.05) is 7.11 Å². The fraction of sp³-hybridized carbons (Fsp3) is 0.562. The summed E-state index contributed by atoms with van der Waals surface area (Å²) < 4.78 is 45.2. The van der Waals surface area contributed by atoms with E-state index in [1.165, 1.54) is 0 Å². The molecule has 0 fully saturated rings. The van der Waals surface area contributed by atoms with E-state index in [0.29, 0.717) is 6.07 Å². The molecule has 1 N–H and O–H groups in total. The molecule has 0 aliphatic heterocycles. The molecule has 0 aliphatic rings. The van der Waals surface area contributed by atoms with Crippen LogP contribution in [0.4, 0.5) is 13.2 Å². The summed E-state index contributed by atoms with van der Waals surface area (Å²) in [6.07, 6.45) is 4.98. The minimum Gasteiger partial charge on any atom is -0.491 e. The third kappa shape index (κ3) is 4.64. The fourth-order valence-corrected chi connectivity index (χ4v) is 2.18. The molecule has 1 amide bonds. The molecule has 0 spiro atoms. The minimum atomic E-state index is -1.44. The average molecular weight is 317 g/mol. The number of unbranched alkanes of at least 4 members (excludes halogenated alkanes) is 3. The lowest BCUT2D eigenvalue weighted by molar-refractivity contribution is 0.0932. The molecular weight excluding hydrogens is 295 g/mol. The Bertz CT molecular complexity index is 521. The summed E-state index contributed by atoms with van der Waals surface area (Å²) in [5, 5.41) is 2.59. The van der Waals surface area contributed by atoms with Gasteiger partial charge in [0.05, 0.1) is 12.7 Å². The van der Waals surface area contributed by atoms with Crippen LogP contribution in [0.5, 0.6) is 5.75 Å². The summed E-state index contributed by atoms with van der Waals surface area (Å²) >= 11 is 0. The third-order valence-corrected chi connectivity index (χ3v) is 3.43. The van der Waals surface area contributed by atoms with Crippen molar-refractivity contribution >= 4 is 5.91 Å². The zero-order valence-electron chi connectivity index (χ0n) is 13.1. The van der Waals surface area contributed by atoms with Crippen molar-refractivity contribution in [3.63, 3.8) is 0 Å². The molecule has 6 heteroatoms. The highest BCUT2D eigenvalue weighted by atomic mass is 19.2. The highest BCUT2D eigenvalue weighted by molar-refractivity contribution is 5.95. The Balaban J connectivity index is 2.75. The molecule has 0 radical (unpaired) electrons. The molecule has 1 atom stereocenters. The Morgan fingerprint density at radius 3 is 2.50 bits per heavy atom. The van der Waals surface area contributed by atoms with Crippen molar-refractivity contribution in [2.45, 2.75) is 52.0 Å². The molecule has 0 aromatic heterocycles. The Hall–Kier alpha value is -1.72. The van der Waals surface area contributed by atoms with E-state index >= 15 is 0 Å². The van der Waals surface area contributed by atoms with Crippen LogP contribution >= 0.6 is 0 Å². The number of halogens is 3. The van der Waals surface area contributed by atoms with E-state index in [1.807, 2.05) is 0 Å². The van der Waals surface area contributed by atoms with Gasteiger partial charge >= 0.3 is 0 Å². The van der Waals surface area contributed by atoms with Gasteiger partial charge in [-0.3, -0.25) is 4.79 Å². The van der Waals surface area contributed by atoms with Gasteiger partial charge in [0, 0.05) is 6.04 Å². The van der Waals surface area contributed by atoms with E-state index < -0.39 is 34.7 Å². The quantitative estimate of drug-likeness (QED) is 0.576. The van der Waals surface area contributed by atoms with Crippen LogP contribution in [0.15, 0.2) is 6.07 Å². The zero-order chi connectivity index (χ0) is 16.7. The summed E-state index contributed by atoms with van der Waals surface area (Å²) in [5.74, 6) is -5.63. The lowest BCUT2D eigenvalue weighted by Gasteiger charge is -2.15. The molecule has 1 aromatic rings. The van der Waals surface area contributed by atoms with Gasteiger partial charge in [-0.1, -0.05) is 32.6 Å². The van der Waals surface area contributed by atoms with Gasteiger partial charge < -0.3 is 10.1 Å². The first-order valence-electron chi connectivity index (χ1n) is 7.44. The van der Waals surface area contributed by atoms with Crippen LogP contribution in [-0.2, 0) is 0 Å². The van der Waals surface area contributed by atoms with Gasteiger partial charge in [0.25, 0.3) is 5.91 Å². The monoisotopic (exact) mass is 317 g/mol. The van der Waals surface area contributed by atoms with E-state index in [9.17, 15) is 18.0 Å². The number of methoxy groups -OCH3 is 1. The molecule has 22 heavy (non-hydrogen) atoms. The number of carbonyl (C=O) groups is 1. The topological polar surface area (TPSA) is 38.3 Å². The van der Waals surface area contributed by atoms with Crippen LogP contribution in [0.1, 0.15) is 56.3 Å². The summed E-state index contributed by atoms with van der Waals surface area (Å²) in [5.41, 5.74) is -0.559. The van der Waals surface area contributed by atoms with Crippen molar-refractivity contribution < 1.29 is 22.7 Å². The van der Waals surface area contributed by atoms with Gasteiger partial charge in [0.15, 0.2) is 17.4 Å². The second kappa shape index (κ2) is 8.66. The molecule has 1 aromatic carbocycles. The minimum absolute atomic E-state index is 0.178. The first-order chi connectivity index (χ1) is 10.4. The maximum atomic E-state index is 14.0. The van der Waals surface area contributed by atoms with Crippen molar-refractivity contribution in [3.8, 4) is 5.75 Å². The largest absolute Gasteiger partial charge is 0.491 e. The van der Waals surface area contributed by atoms with E-state index in [0.717, 1.165) is 39.2 Å². The number of hydrogen-bond donors (Lipinski definition) is 1. The molecule has 0 saturated heterocycles. The third-order valence-electron chi connectivity index (χ3n) is 3.43. The molecular formula is C16H22F3NO2. The fourth-order valence-electron chi connectivity index (χ4n) is 2.18. The Morgan fingerprint density at radius 2 is 1.91 bits per heavy atom. The van der Waals surface area contributed by atoms with E-state index in [-0.39, 0.29) is 6.04 Å². The maximum Gasteiger partial charge on any atom is 0.254 e. The average Bonchev–Trinajstić information content (AvgIpc) is 2.48. The number of nitrogens with one attached hydrogen (secondary N) is 1. The van der Waals surface area contributed by atoms with E-state index in [2.05, 4.69) is 17.0 Å². The SMILES string of the molecule is CCCCCCC(C)NC(=O)c1cc(F)c(F)c(OC)c1F. The van der Waals surface area contributed by atoms with Gasteiger partial charge in [0.1, 0.15) is 0 Å². The first-order valence-corrected chi connectivity index (χ1v) is 7.44. The molecule has 1 rings (SSSR count). The van der Waals surface area contributed by atoms with E-state index in [4.69, 9.17) is 0 Å². The number of rotatable bonds is 8. The second-order valence-electron chi connectivity index (χ2n) is 5.29. The van der Waals surface area contributed by atoms with Gasteiger partial charge in [0.2, 0.25) is 5.82 Å². The lowest BCUT2D eigenvalue weighted by atomic mass is 10.1. The van der Waals surface area contributed by atoms with Crippen LogP contribution < -0.4 is 10.1 Å². The molecule has 0 heterocycles.